The van der Waals surface area contributed by atoms with Crippen molar-refractivity contribution in [3.8, 4) is 0 Å². The van der Waals surface area contributed by atoms with Gasteiger partial charge in [0, 0.05) is 11.8 Å². The molecular formula is C19H23N3O4. The van der Waals surface area contributed by atoms with Crippen molar-refractivity contribution in [1.82, 2.24) is 9.55 Å². The van der Waals surface area contributed by atoms with Crippen LogP contribution in [0.4, 0.5) is 5.82 Å². The van der Waals surface area contributed by atoms with Crippen LogP contribution in [-0.4, -0.2) is 33.3 Å². The Bertz CT molecular complexity index is 868. The van der Waals surface area contributed by atoms with Gasteiger partial charge in [-0.15, -0.1) is 0 Å². The minimum Gasteiger partial charge on any atom is -0.394 e. The number of hydrogen-bond donors (Lipinski definition) is 2. The highest BCUT2D eigenvalue weighted by Gasteiger charge is 2.26. The van der Waals surface area contributed by atoms with Crippen molar-refractivity contribution >= 4 is 11.7 Å². The van der Waals surface area contributed by atoms with Crippen LogP contribution in [0.2, 0.25) is 0 Å². The van der Waals surface area contributed by atoms with Crippen molar-refractivity contribution in [3.05, 3.63) is 57.1 Å². The van der Waals surface area contributed by atoms with Crippen molar-refractivity contribution in [2.24, 2.45) is 0 Å². The van der Waals surface area contributed by atoms with E-state index >= 15 is 0 Å². The van der Waals surface area contributed by atoms with Gasteiger partial charge < -0.3 is 15.2 Å². The van der Waals surface area contributed by atoms with Crippen LogP contribution in [0.15, 0.2) is 29.2 Å². The number of nitrogens with one attached hydrogen (secondary N) is 1. The van der Waals surface area contributed by atoms with Gasteiger partial charge in [-0.2, -0.15) is 4.98 Å². The molecule has 0 spiro atoms. The molecule has 1 fully saturated rings. The van der Waals surface area contributed by atoms with Gasteiger partial charge in [0.25, 0.3) is 5.91 Å². The van der Waals surface area contributed by atoms with Gasteiger partial charge in [-0.25, -0.2) is 4.79 Å². The average Bonchev–Trinajstić information content (AvgIpc) is 3.02. The number of aliphatic hydroxyl groups excluding tert-OH is 1. The monoisotopic (exact) mass is 357 g/mol. The molecule has 0 aliphatic carbocycles. The summed E-state index contributed by atoms with van der Waals surface area (Å²) in [7, 11) is 0. The normalized spacial score (nSPS) is 19.5. The van der Waals surface area contributed by atoms with E-state index in [1.165, 1.54) is 4.57 Å². The first-order valence-corrected chi connectivity index (χ1v) is 8.63. The number of hydrogen-bond acceptors (Lipinski definition) is 5. The van der Waals surface area contributed by atoms with Crippen LogP contribution in [0.3, 0.4) is 0 Å². The number of aliphatic hydroxyl groups is 1. The smallest absolute Gasteiger partial charge is 0.351 e. The zero-order valence-electron chi connectivity index (χ0n) is 15.2. The van der Waals surface area contributed by atoms with E-state index < -0.39 is 11.9 Å². The summed E-state index contributed by atoms with van der Waals surface area (Å²) < 4.78 is 6.98. The molecule has 1 aromatic heterocycles. The van der Waals surface area contributed by atoms with E-state index in [0.717, 1.165) is 16.7 Å². The molecule has 1 aliphatic rings. The molecule has 7 nitrogen and oxygen atoms in total. The highest BCUT2D eigenvalue weighted by atomic mass is 16.5. The maximum absolute atomic E-state index is 12.6. The lowest BCUT2D eigenvalue weighted by molar-refractivity contribution is -0.0245. The fourth-order valence-corrected chi connectivity index (χ4v) is 3.44. The lowest BCUT2D eigenvalue weighted by Gasteiger charge is -2.15. The molecule has 0 saturated carbocycles. The predicted molar refractivity (Wildman–Crippen MR) is 97.3 cm³/mol. The molecule has 26 heavy (non-hydrogen) atoms. The van der Waals surface area contributed by atoms with Crippen molar-refractivity contribution in [2.45, 2.75) is 45.9 Å². The number of carbonyl (C=O) groups excluding carboxylic acids is 1. The molecule has 2 heterocycles. The van der Waals surface area contributed by atoms with Gasteiger partial charge in [-0.05, 0) is 50.8 Å². The lowest BCUT2D eigenvalue weighted by atomic mass is 9.99. The number of ether oxygens (including phenoxy) is 1. The molecule has 1 unspecified atom stereocenters. The zero-order valence-corrected chi connectivity index (χ0v) is 15.2. The zero-order chi connectivity index (χ0) is 18.8. The van der Waals surface area contributed by atoms with Crippen molar-refractivity contribution < 1.29 is 14.6 Å². The number of rotatable bonds is 4. The van der Waals surface area contributed by atoms with E-state index in [9.17, 15) is 9.59 Å². The number of benzene rings is 1. The first kappa shape index (κ1) is 18.3. The summed E-state index contributed by atoms with van der Waals surface area (Å²) in [5.41, 5.74) is 2.94. The summed E-state index contributed by atoms with van der Waals surface area (Å²) in [6, 6.07) is 5.47. The fourth-order valence-electron chi connectivity index (χ4n) is 3.44. The highest BCUT2D eigenvalue weighted by molar-refractivity contribution is 6.05. The topological polar surface area (TPSA) is 93.5 Å². The number of amides is 1. The Morgan fingerprint density at radius 2 is 2.00 bits per heavy atom. The molecular weight excluding hydrogens is 334 g/mol. The first-order chi connectivity index (χ1) is 12.4. The van der Waals surface area contributed by atoms with Crippen LogP contribution in [0.25, 0.3) is 0 Å². The Hall–Kier alpha value is -2.51. The molecule has 2 N–H and O–H groups in total. The predicted octanol–water partition coefficient (Wildman–Crippen LogP) is 2.09. The maximum Gasteiger partial charge on any atom is 0.351 e. The Morgan fingerprint density at radius 3 is 2.58 bits per heavy atom. The number of aryl methyl sites for hydroxylation is 3. The van der Waals surface area contributed by atoms with Gasteiger partial charge in [0.2, 0.25) is 0 Å². The first-order valence-electron chi connectivity index (χ1n) is 8.63. The van der Waals surface area contributed by atoms with Crippen LogP contribution < -0.4 is 11.0 Å². The van der Waals surface area contributed by atoms with Crippen LogP contribution in [0.5, 0.6) is 0 Å². The molecule has 1 aromatic carbocycles. The average molecular weight is 357 g/mol. The van der Waals surface area contributed by atoms with E-state index in [1.807, 2.05) is 32.9 Å². The van der Waals surface area contributed by atoms with Crippen LogP contribution in [-0.2, 0) is 4.74 Å². The molecule has 1 aliphatic heterocycles. The standard InChI is InChI=1S/C19H23N3O4/c1-11-8-12(2)17(13(3)9-11)18(24)20-15-6-7-22(19(25)21-15)16-5-4-14(10-23)26-16/h6-9,14,16,23H,4-5,10H2,1-3H3,(H,20,21,24,25)/t14?,16-/m1/s1. The molecule has 2 aromatic rings. The summed E-state index contributed by atoms with van der Waals surface area (Å²) in [6.45, 7) is 5.68. The molecule has 7 heteroatoms. The summed E-state index contributed by atoms with van der Waals surface area (Å²) in [6.07, 6.45) is 2.21. The summed E-state index contributed by atoms with van der Waals surface area (Å²) in [5.74, 6) is -0.0885. The van der Waals surface area contributed by atoms with Gasteiger partial charge >= 0.3 is 5.69 Å². The molecule has 1 saturated heterocycles. The number of aromatic nitrogens is 2. The van der Waals surface area contributed by atoms with Crippen LogP contribution in [0, 0.1) is 20.8 Å². The van der Waals surface area contributed by atoms with E-state index in [4.69, 9.17) is 9.84 Å². The maximum atomic E-state index is 12.6. The summed E-state index contributed by atoms with van der Waals surface area (Å²) in [5, 5.41) is 11.8. The molecule has 0 bridgehead atoms. The largest absolute Gasteiger partial charge is 0.394 e. The second kappa shape index (κ2) is 7.39. The van der Waals surface area contributed by atoms with E-state index in [1.54, 1.807) is 12.3 Å². The summed E-state index contributed by atoms with van der Waals surface area (Å²) in [4.78, 5) is 28.8. The molecule has 1 amide bonds. The van der Waals surface area contributed by atoms with Crippen molar-refractivity contribution in [2.75, 3.05) is 11.9 Å². The van der Waals surface area contributed by atoms with Crippen LogP contribution in [0.1, 0.15) is 46.1 Å². The summed E-state index contributed by atoms with van der Waals surface area (Å²) >= 11 is 0. The third-order valence-electron chi connectivity index (χ3n) is 4.57. The fraction of sp³-hybridized carbons (Fsp3) is 0.421. The number of nitrogens with zero attached hydrogens (tertiary/aromatic N) is 2. The van der Waals surface area contributed by atoms with Gasteiger partial charge in [0.15, 0.2) is 0 Å². The quantitative estimate of drug-likeness (QED) is 0.874. The Balaban J connectivity index is 1.78. The second-order valence-electron chi connectivity index (χ2n) is 6.70. The Labute approximate surface area is 151 Å². The lowest BCUT2D eigenvalue weighted by Crippen LogP contribution is -2.28. The van der Waals surface area contributed by atoms with Gasteiger partial charge in [0.05, 0.1) is 12.7 Å². The third-order valence-corrected chi connectivity index (χ3v) is 4.57. The molecule has 3 rings (SSSR count). The minimum absolute atomic E-state index is 0.0674. The van der Waals surface area contributed by atoms with Crippen molar-refractivity contribution in [1.29, 1.82) is 0 Å². The third kappa shape index (κ3) is 3.68. The van der Waals surface area contributed by atoms with Gasteiger partial charge in [-0.3, -0.25) is 9.36 Å². The number of anilines is 1. The van der Waals surface area contributed by atoms with Crippen LogP contribution >= 0.6 is 0 Å². The van der Waals surface area contributed by atoms with Crippen molar-refractivity contribution in [3.63, 3.8) is 0 Å². The Morgan fingerprint density at radius 1 is 1.31 bits per heavy atom. The number of carbonyl (C=O) groups is 1. The van der Waals surface area contributed by atoms with Gasteiger partial charge in [-0.1, -0.05) is 17.7 Å². The van der Waals surface area contributed by atoms with E-state index in [-0.39, 0.29) is 24.4 Å². The second-order valence-corrected chi connectivity index (χ2v) is 6.70. The molecule has 2 atom stereocenters. The molecule has 0 radical (unpaired) electrons. The highest BCUT2D eigenvalue weighted by Crippen LogP contribution is 2.26. The SMILES string of the molecule is Cc1cc(C)c(C(=O)Nc2ccn([C@H]3CCC(CO)O3)c(=O)n2)c(C)c1. The molecule has 138 valence electrons. The minimum atomic E-state index is -0.497. The van der Waals surface area contributed by atoms with Gasteiger partial charge in [0.1, 0.15) is 12.0 Å². The van der Waals surface area contributed by atoms with E-state index in [2.05, 4.69) is 10.3 Å². The Kier molecular flexibility index (Phi) is 5.20. The van der Waals surface area contributed by atoms with E-state index in [0.29, 0.717) is 18.4 Å².